The van der Waals surface area contributed by atoms with Gasteiger partial charge in [-0.3, -0.25) is 4.79 Å². The summed E-state index contributed by atoms with van der Waals surface area (Å²) in [7, 11) is 1.48. The van der Waals surface area contributed by atoms with Crippen LogP contribution in [-0.4, -0.2) is 31.1 Å². The second kappa shape index (κ2) is 5.74. The summed E-state index contributed by atoms with van der Waals surface area (Å²) in [6, 6.07) is 0. The third-order valence-corrected chi connectivity index (χ3v) is 1.49. The molecule has 0 amide bonds. The molecule has 0 unspecified atom stereocenters. The lowest BCUT2D eigenvalue weighted by atomic mass is 10.1. The van der Waals surface area contributed by atoms with Crippen LogP contribution in [0.4, 0.5) is 0 Å². The van der Waals surface area contributed by atoms with Crippen molar-refractivity contribution in [2.75, 3.05) is 13.9 Å². The molecular weight excluding hydrogens is 160 g/mol. The van der Waals surface area contributed by atoms with Crippen molar-refractivity contribution in [1.29, 1.82) is 0 Å². The number of carbonyl (C=O) groups is 1. The first kappa shape index (κ1) is 11.1. The Morgan fingerprint density at radius 3 is 2.67 bits per heavy atom. The third kappa shape index (κ3) is 3.50. The van der Waals surface area contributed by atoms with E-state index in [1.54, 1.807) is 6.92 Å². The Kier molecular flexibility index (Phi) is 5.32. The zero-order valence-corrected chi connectivity index (χ0v) is 7.32. The summed E-state index contributed by atoms with van der Waals surface area (Å²) in [6.45, 7) is 5.11. The highest BCUT2D eigenvalue weighted by atomic mass is 16.7. The maximum Gasteiger partial charge on any atom is 0.309 e. The molecule has 4 heteroatoms. The number of ether oxygens (including phenoxy) is 2. The normalized spacial score (nSPS) is 15.2. The van der Waals surface area contributed by atoms with Crippen molar-refractivity contribution in [2.45, 2.75) is 13.0 Å². The minimum atomic E-state index is -0.906. The second-order valence-electron chi connectivity index (χ2n) is 2.40. The van der Waals surface area contributed by atoms with E-state index in [1.807, 2.05) is 0 Å². The Morgan fingerprint density at radius 1 is 1.75 bits per heavy atom. The van der Waals surface area contributed by atoms with Crippen LogP contribution in [0.25, 0.3) is 0 Å². The highest BCUT2D eigenvalue weighted by Crippen LogP contribution is 2.08. The SMILES string of the molecule is C=C[C@H](OCOC)[C@H](C)C(=O)O. The summed E-state index contributed by atoms with van der Waals surface area (Å²) in [5, 5.41) is 8.61. The molecule has 0 fully saturated rings. The van der Waals surface area contributed by atoms with E-state index < -0.39 is 18.0 Å². The number of rotatable bonds is 6. The van der Waals surface area contributed by atoms with Crippen molar-refractivity contribution in [3.8, 4) is 0 Å². The van der Waals surface area contributed by atoms with Crippen LogP contribution in [-0.2, 0) is 14.3 Å². The van der Waals surface area contributed by atoms with Gasteiger partial charge in [0.25, 0.3) is 0 Å². The molecule has 0 bridgehead atoms. The molecule has 0 rings (SSSR count). The Bertz CT molecular complexity index is 155. The van der Waals surface area contributed by atoms with Crippen molar-refractivity contribution >= 4 is 5.97 Å². The molecule has 0 aromatic heterocycles. The molecule has 0 saturated heterocycles. The van der Waals surface area contributed by atoms with Gasteiger partial charge in [0.1, 0.15) is 6.79 Å². The minimum Gasteiger partial charge on any atom is -0.481 e. The van der Waals surface area contributed by atoms with Gasteiger partial charge >= 0.3 is 5.97 Å². The summed E-state index contributed by atoms with van der Waals surface area (Å²) in [5.41, 5.74) is 0. The van der Waals surface area contributed by atoms with Crippen LogP contribution in [0.1, 0.15) is 6.92 Å². The van der Waals surface area contributed by atoms with E-state index in [0.717, 1.165) is 0 Å². The van der Waals surface area contributed by atoms with Gasteiger partial charge in [0, 0.05) is 7.11 Å². The molecule has 0 spiro atoms. The summed E-state index contributed by atoms with van der Waals surface area (Å²) >= 11 is 0. The lowest BCUT2D eigenvalue weighted by Gasteiger charge is -2.16. The lowest BCUT2D eigenvalue weighted by molar-refractivity contribution is -0.148. The predicted octanol–water partition coefficient (Wildman–Crippen LogP) is 0.882. The van der Waals surface area contributed by atoms with Gasteiger partial charge in [-0.2, -0.15) is 0 Å². The molecule has 70 valence electrons. The molecule has 0 aliphatic heterocycles. The molecule has 2 atom stereocenters. The average Bonchev–Trinajstić information content (AvgIpc) is 2.05. The van der Waals surface area contributed by atoms with Crippen LogP contribution in [0, 0.1) is 5.92 Å². The smallest absolute Gasteiger partial charge is 0.309 e. The third-order valence-electron chi connectivity index (χ3n) is 1.49. The zero-order chi connectivity index (χ0) is 9.56. The lowest BCUT2D eigenvalue weighted by Crippen LogP contribution is -2.27. The first-order chi connectivity index (χ1) is 5.63. The number of carboxylic acid groups (broad SMARTS) is 1. The van der Waals surface area contributed by atoms with E-state index in [0.29, 0.717) is 0 Å². The Hall–Kier alpha value is -0.870. The fourth-order valence-corrected chi connectivity index (χ4v) is 0.704. The van der Waals surface area contributed by atoms with Crippen molar-refractivity contribution in [2.24, 2.45) is 5.92 Å². The maximum absolute atomic E-state index is 10.5. The Morgan fingerprint density at radius 2 is 2.33 bits per heavy atom. The van der Waals surface area contributed by atoms with Crippen molar-refractivity contribution in [3.63, 3.8) is 0 Å². The molecule has 0 aromatic carbocycles. The Labute approximate surface area is 71.8 Å². The van der Waals surface area contributed by atoms with E-state index in [2.05, 4.69) is 11.3 Å². The number of hydrogen-bond donors (Lipinski definition) is 1. The van der Waals surface area contributed by atoms with Crippen LogP contribution in [0.3, 0.4) is 0 Å². The topological polar surface area (TPSA) is 55.8 Å². The number of aliphatic carboxylic acids is 1. The largest absolute Gasteiger partial charge is 0.481 e. The van der Waals surface area contributed by atoms with Crippen LogP contribution in [0.15, 0.2) is 12.7 Å². The monoisotopic (exact) mass is 174 g/mol. The zero-order valence-electron chi connectivity index (χ0n) is 7.32. The minimum absolute atomic E-state index is 0.0777. The summed E-state index contributed by atoms with van der Waals surface area (Å²) in [4.78, 5) is 10.5. The number of methoxy groups -OCH3 is 1. The van der Waals surface area contributed by atoms with Crippen LogP contribution < -0.4 is 0 Å². The molecule has 0 heterocycles. The highest BCUT2D eigenvalue weighted by molar-refractivity contribution is 5.70. The summed E-state index contributed by atoms with van der Waals surface area (Å²) < 4.78 is 9.68. The molecule has 0 radical (unpaired) electrons. The van der Waals surface area contributed by atoms with Gasteiger partial charge in [-0.05, 0) is 6.92 Å². The quantitative estimate of drug-likeness (QED) is 0.479. The Balaban J connectivity index is 3.95. The van der Waals surface area contributed by atoms with Gasteiger partial charge in [0.2, 0.25) is 0 Å². The van der Waals surface area contributed by atoms with Crippen LogP contribution in [0.5, 0.6) is 0 Å². The molecule has 12 heavy (non-hydrogen) atoms. The predicted molar refractivity (Wildman–Crippen MR) is 43.7 cm³/mol. The van der Waals surface area contributed by atoms with Gasteiger partial charge in [0.15, 0.2) is 0 Å². The van der Waals surface area contributed by atoms with Gasteiger partial charge in [-0.25, -0.2) is 0 Å². The highest BCUT2D eigenvalue weighted by Gasteiger charge is 2.21. The molecule has 1 N–H and O–H groups in total. The van der Waals surface area contributed by atoms with E-state index in [9.17, 15) is 4.79 Å². The van der Waals surface area contributed by atoms with Gasteiger partial charge in [-0.15, -0.1) is 6.58 Å². The second-order valence-corrected chi connectivity index (χ2v) is 2.40. The van der Waals surface area contributed by atoms with E-state index in [4.69, 9.17) is 9.84 Å². The van der Waals surface area contributed by atoms with Crippen LogP contribution in [0.2, 0.25) is 0 Å². The van der Waals surface area contributed by atoms with E-state index in [1.165, 1.54) is 13.2 Å². The van der Waals surface area contributed by atoms with Crippen molar-refractivity contribution < 1.29 is 19.4 Å². The standard InChI is InChI=1S/C8H14O4/c1-4-7(12-5-11-3)6(2)8(9)10/h4,6-7H,1,5H2,2-3H3,(H,9,10)/t6-,7-/m0/s1. The molecule has 4 nitrogen and oxygen atoms in total. The first-order valence-electron chi connectivity index (χ1n) is 3.59. The fourth-order valence-electron chi connectivity index (χ4n) is 0.704. The number of hydrogen-bond acceptors (Lipinski definition) is 3. The van der Waals surface area contributed by atoms with Gasteiger partial charge in [-0.1, -0.05) is 6.08 Å². The van der Waals surface area contributed by atoms with Crippen LogP contribution >= 0.6 is 0 Å². The first-order valence-corrected chi connectivity index (χ1v) is 3.59. The van der Waals surface area contributed by atoms with E-state index in [-0.39, 0.29) is 6.79 Å². The fraction of sp³-hybridized carbons (Fsp3) is 0.625. The average molecular weight is 174 g/mol. The maximum atomic E-state index is 10.5. The van der Waals surface area contributed by atoms with Gasteiger partial charge < -0.3 is 14.6 Å². The van der Waals surface area contributed by atoms with Crippen molar-refractivity contribution in [1.82, 2.24) is 0 Å². The molecule has 0 aromatic rings. The van der Waals surface area contributed by atoms with Gasteiger partial charge in [0.05, 0.1) is 12.0 Å². The summed E-state index contributed by atoms with van der Waals surface area (Å²) in [5.74, 6) is -1.51. The van der Waals surface area contributed by atoms with Crippen molar-refractivity contribution in [3.05, 3.63) is 12.7 Å². The summed E-state index contributed by atoms with van der Waals surface area (Å²) in [6.07, 6.45) is 0.958. The molecular formula is C8H14O4. The number of carboxylic acids is 1. The molecule has 0 aliphatic rings. The van der Waals surface area contributed by atoms with E-state index >= 15 is 0 Å². The molecule has 0 saturated carbocycles. The molecule has 0 aliphatic carbocycles.